The second-order valence-corrected chi connectivity index (χ2v) is 19.7. The van der Waals surface area contributed by atoms with Crippen LogP contribution >= 0.6 is 0 Å². The lowest BCUT2D eigenvalue weighted by Gasteiger charge is -2.62. The monoisotopic (exact) mass is 723 g/mol. The van der Waals surface area contributed by atoms with Gasteiger partial charge in [0.2, 0.25) is 0 Å². The van der Waals surface area contributed by atoms with Crippen molar-refractivity contribution in [3.8, 4) is 0 Å². The summed E-state index contributed by atoms with van der Waals surface area (Å²) in [4.78, 5) is 14.2. The van der Waals surface area contributed by atoms with Gasteiger partial charge < -0.3 is 35.8 Å². The number of ether oxygens (including phenoxy) is 2. The number of ketones is 1. The van der Waals surface area contributed by atoms with E-state index in [0.29, 0.717) is 31.2 Å². The van der Waals surface area contributed by atoms with E-state index in [1.54, 1.807) is 0 Å². The topological polar surface area (TPSA) is 138 Å². The molecule has 3 saturated carbocycles. The largest absolute Gasteiger partial charge is 0.393 e. The van der Waals surface area contributed by atoms with Crippen LogP contribution in [-0.4, -0.2) is 69.4 Å². The molecule has 0 aromatic carbocycles. The quantitative estimate of drug-likeness (QED) is 0.107. The lowest BCUT2D eigenvalue weighted by atomic mass is 9.44. The van der Waals surface area contributed by atoms with Crippen LogP contribution in [0.4, 0.5) is 0 Å². The van der Waals surface area contributed by atoms with Gasteiger partial charge in [0.05, 0.1) is 23.1 Å². The van der Waals surface area contributed by atoms with E-state index in [-0.39, 0.29) is 41.2 Å². The number of carbonyl (C=O) groups is 1. The third-order valence-electron chi connectivity index (χ3n) is 16.5. The first kappa shape index (κ1) is 38.6. The van der Waals surface area contributed by atoms with E-state index in [4.69, 9.17) is 15.2 Å². The SMILES string of the molecule is CCCCCCC12CCC(O)CC1C(=O)C=C1C2CCC2(C)C(C3(C4OC4C(C)(O)C(C)(C)CCC4=CCNC(N)=C4)CC(C)CCO3)CCC12O. The smallest absolute Gasteiger partial charge is 0.159 e. The van der Waals surface area contributed by atoms with Gasteiger partial charge in [-0.3, -0.25) is 4.79 Å². The number of dihydropyridines is 1. The Balaban J connectivity index is 1.18. The fourth-order valence-electron chi connectivity index (χ4n) is 12.8. The summed E-state index contributed by atoms with van der Waals surface area (Å²) in [6.07, 6.45) is 19.4. The summed E-state index contributed by atoms with van der Waals surface area (Å²) in [5.41, 5.74) is 4.28. The molecule has 7 rings (SSSR count). The fraction of sp³-hybridized carbons (Fsp3) is 0.841. The van der Waals surface area contributed by atoms with Gasteiger partial charge in [-0.05, 0) is 136 Å². The Bertz CT molecular complexity index is 1470. The highest BCUT2D eigenvalue weighted by Crippen LogP contribution is 2.71. The number of nitrogens with one attached hydrogen (secondary N) is 1. The third-order valence-corrected chi connectivity index (χ3v) is 16.5. The number of hydrogen-bond donors (Lipinski definition) is 5. The Kier molecular flexibility index (Phi) is 10.2. The van der Waals surface area contributed by atoms with Crippen LogP contribution in [0.15, 0.2) is 35.2 Å². The lowest BCUT2D eigenvalue weighted by molar-refractivity contribution is -0.194. The number of rotatable bonds is 12. The van der Waals surface area contributed by atoms with Crippen LogP contribution in [-0.2, 0) is 14.3 Å². The standard InChI is InChI=1S/C44H70N2O6/c1-7-8-9-10-17-42-20-12-30(47)25-33(42)34(48)26-32-31(42)13-19-40(5)35(14-21-44(32,40)50)43(27-28(2)16-23-51-43)38-37(52-38)41(6,49)39(3,4)18-11-29-15-22-46-36(45)24-29/h15,24,26,28,30-31,33,35,37-38,46-47,49-50H,7-14,16-23,25,27,45H2,1-6H3. The molecule has 6 N–H and O–H groups in total. The van der Waals surface area contributed by atoms with Crippen LogP contribution in [0.1, 0.15) is 144 Å². The molecule has 0 radical (unpaired) electrons. The number of hydrogen-bond acceptors (Lipinski definition) is 8. The molecule has 3 aliphatic heterocycles. The Morgan fingerprint density at radius 3 is 2.56 bits per heavy atom. The zero-order chi connectivity index (χ0) is 37.3. The number of fused-ring (bicyclic) bond motifs is 5. The Hall–Kier alpha value is -1.71. The first-order chi connectivity index (χ1) is 24.5. The Labute approximate surface area is 313 Å². The van der Waals surface area contributed by atoms with Gasteiger partial charge in [-0.2, -0.15) is 0 Å². The highest BCUT2D eigenvalue weighted by atomic mass is 16.6. The maximum Gasteiger partial charge on any atom is 0.159 e. The first-order valence-electron chi connectivity index (χ1n) is 21.1. The van der Waals surface area contributed by atoms with E-state index >= 15 is 0 Å². The van der Waals surface area contributed by atoms with Crippen molar-refractivity contribution in [3.05, 3.63) is 35.2 Å². The van der Waals surface area contributed by atoms with Crippen molar-refractivity contribution in [1.82, 2.24) is 5.32 Å². The molecule has 0 aromatic heterocycles. The molecular formula is C44H70N2O6. The zero-order valence-corrected chi connectivity index (χ0v) is 33.1. The molecule has 0 spiro atoms. The van der Waals surface area contributed by atoms with E-state index in [2.05, 4.69) is 46.0 Å². The second-order valence-electron chi connectivity index (χ2n) is 19.7. The number of aliphatic hydroxyl groups is 3. The molecule has 12 unspecified atom stereocenters. The van der Waals surface area contributed by atoms with Crippen molar-refractivity contribution >= 4 is 5.78 Å². The van der Waals surface area contributed by atoms with Gasteiger partial charge in [0.25, 0.3) is 0 Å². The predicted octanol–water partition coefficient (Wildman–Crippen LogP) is 7.01. The van der Waals surface area contributed by atoms with Crippen LogP contribution in [0.25, 0.3) is 0 Å². The fourth-order valence-corrected chi connectivity index (χ4v) is 12.8. The molecule has 7 aliphatic rings. The molecule has 292 valence electrons. The van der Waals surface area contributed by atoms with Crippen LogP contribution < -0.4 is 11.1 Å². The van der Waals surface area contributed by atoms with Gasteiger partial charge >= 0.3 is 0 Å². The van der Waals surface area contributed by atoms with Gasteiger partial charge in [0.1, 0.15) is 17.8 Å². The van der Waals surface area contributed by atoms with Crippen molar-refractivity contribution in [3.63, 3.8) is 0 Å². The van der Waals surface area contributed by atoms with Crippen molar-refractivity contribution < 1.29 is 29.6 Å². The second kappa shape index (κ2) is 13.8. The molecule has 4 aliphatic carbocycles. The molecule has 12 atom stereocenters. The molecule has 0 amide bonds. The predicted molar refractivity (Wildman–Crippen MR) is 204 cm³/mol. The summed E-state index contributed by atoms with van der Waals surface area (Å²) in [5, 5.41) is 39.6. The maximum absolute atomic E-state index is 14.2. The van der Waals surface area contributed by atoms with E-state index in [9.17, 15) is 20.1 Å². The third kappa shape index (κ3) is 6.08. The van der Waals surface area contributed by atoms with Gasteiger partial charge in [-0.15, -0.1) is 0 Å². The summed E-state index contributed by atoms with van der Waals surface area (Å²) in [6, 6.07) is 0. The van der Waals surface area contributed by atoms with E-state index in [1.807, 2.05) is 19.1 Å². The summed E-state index contributed by atoms with van der Waals surface area (Å²) in [5.74, 6) is 1.28. The molecule has 8 nitrogen and oxygen atoms in total. The Morgan fingerprint density at radius 1 is 1.04 bits per heavy atom. The number of aliphatic hydroxyl groups excluding tert-OH is 1. The molecule has 5 fully saturated rings. The molecule has 0 aromatic rings. The molecule has 0 bridgehead atoms. The van der Waals surface area contributed by atoms with Gasteiger partial charge in [-0.25, -0.2) is 0 Å². The van der Waals surface area contributed by atoms with Crippen molar-refractivity contribution in [2.45, 2.75) is 179 Å². The van der Waals surface area contributed by atoms with Gasteiger partial charge in [0, 0.05) is 24.5 Å². The zero-order valence-electron chi connectivity index (χ0n) is 33.1. The van der Waals surface area contributed by atoms with E-state index < -0.39 is 33.7 Å². The minimum absolute atomic E-state index is 0.0260. The first-order valence-corrected chi connectivity index (χ1v) is 21.1. The van der Waals surface area contributed by atoms with E-state index in [1.165, 1.54) is 24.8 Å². The minimum atomic E-state index is -1.10. The number of unbranched alkanes of at least 4 members (excludes halogenated alkanes) is 3. The number of nitrogens with two attached hydrogens (primary N) is 1. The van der Waals surface area contributed by atoms with Crippen LogP contribution in [0, 0.1) is 39.9 Å². The highest BCUT2D eigenvalue weighted by molar-refractivity contribution is 5.95. The molecular weight excluding hydrogens is 652 g/mol. The average Bonchev–Trinajstić information content (AvgIpc) is 3.87. The van der Waals surface area contributed by atoms with Crippen LogP contribution in [0.5, 0.6) is 0 Å². The normalized spacial score (nSPS) is 44.3. The number of carbonyl (C=O) groups excluding carboxylic acids is 1. The summed E-state index contributed by atoms with van der Waals surface area (Å²) >= 11 is 0. The van der Waals surface area contributed by atoms with Gasteiger partial charge in [0.15, 0.2) is 5.78 Å². The molecule has 2 saturated heterocycles. The summed E-state index contributed by atoms with van der Waals surface area (Å²) in [7, 11) is 0. The minimum Gasteiger partial charge on any atom is -0.393 e. The molecule has 3 heterocycles. The molecule has 8 heteroatoms. The number of allylic oxidation sites excluding steroid dienone is 3. The van der Waals surface area contributed by atoms with Gasteiger partial charge in [-0.1, -0.05) is 66.4 Å². The number of epoxide rings is 1. The van der Waals surface area contributed by atoms with Crippen molar-refractivity contribution in [2.75, 3.05) is 13.2 Å². The molecule has 52 heavy (non-hydrogen) atoms. The van der Waals surface area contributed by atoms with Crippen LogP contribution in [0.2, 0.25) is 0 Å². The highest BCUT2D eigenvalue weighted by Gasteiger charge is 2.75. The van der Waals surface area contributed by atoms with Crippen molar-refractivity contribution in [2.24, 2.45) is 45.7 Å². The summed E-state index contributed by atoms with van der Waals surface area (Å²) < 4.78 is 13.8. The lowest BCUT2D eigenvalue weighted by Crippen LogP contribution is -2.63. The Morgan fingerprint density at radius 2 is 1.83 bits per heavy atom. The van der Waals surface area contributed by atoms with E-state index in [0.717, 1.165) is 82.7 Å². The average molecular weight is 723 g/mol. The maximum atomic E-state index is 14.2. The van der Waals surface area contributed by atoms with Crippen LogP contribution in [0.3, 0.4) is 0 Å². The summed E-state index contributed by atoms with van der Waals surface area (Å²) in [6.45, 7) is 14.5. The van der Waals surface area contributed by atoms with Crippen molar-refractivity contribution in [1.29, 1.82) is 0 Å².